The summed E-state index contributed by atoms with van der Waals surface area (Å²) >= 11 is 0. The largest absolute Gasteiger partial charge is 0.507 e. The molecule has 0 radical (unpaired) electrons. The number of aliphatic hydroxyl groups is 1. The number of aliphatic hydroxyl groups excluding tert-OH is 1. The SMILES string of the molecule is CO.Oc1ccc2ccccc2c1C=Nc1ccccc1N=Cc1c(O)ccc2ccccc12.Oc1ccc2ccccc2c1C=Nc1ccccc1N=Cc1c(O)ccc2ccccc12. The zero-order valence-corrected chi connectivity index (χ0v) is 35.8. The Bertz CT molecular complexity index is 3010. The predicted octanol–water partition coefficient (Wildman–Crippen LogP) is 13.4. The molecule has 0 unspecified atom stereocenters. The molecule has 10 aromatic carbocycles. The quantitative estimate of drug-likeness (QED) is 0.0964. The topological polar surface area (TPSA) is 151 Å². The normalized spacial score (nSPS) is 11.5. The summed E-state index contributed by atoms with van der Waals surface area (Å²) in [6.45, 7) is 0. The van der Waals surface area contributed by atoms with Gasteiger partial charge in [-0.2, -0.15) is 0 Å². The van der Waals surface area contributed by atoms with Crippen molar-refractivity contribution >= 4 is 90.7 Å². The summed E-state index contributed by atoms with van der Waals surface area (Å²) in [6, 6.07) is 60.8. The van der Waals surface area contributed by atoms with E-state index in [1.165, 1.54) is 0 Å². The lowest BCUT2D eigenvalue weighted by Crippen LogP contribution is -1.87. The molecule has 0 aliphatic carbocycles. The molecule has 10 aromatic rings. The highest BCUT2D eigenvalue weighted by Gasteiger charge is 2.09. The van der Waals surface area contributed by atoms with E-state index < -0.39 is 0 Å². The first-order chi connectivity index (χ1) is 32.4. The van der Waals surface area contributed by atoms with Gasteiger partial charge in [0.25, 0.3) is 0 Å². The molecule has 0 bridgehead atoms. The molecule has 0 amide bonds. The van der Waals surface area contributed by atoms with Crippen LogP contribution in [-0.4, -0.2) is 57.5 Å². The number of benzene rings is 10. The van der Waals surface area contributed by atoms with Crippen LogP contribution in [0.5, 0.6) is 23.0 Å². The number of hydrogen-bond donors (Lipinski definition) is 5. The summed E-state index contributed by atoms with van der Waals surface area (Å²) in [5.41, 5.74) is 5.29. The third-order valence-electron chi connectivity index (χ3n) is 10.9. The van der Waals surface area contributed by atoms with Crippen LogP contribution in [-0.2, 0) is 0 Å². The summed E-state index contributed by atoms with van der Waals surface area (Å²) in [7, 11) is 1.00. The maximum atomic E-state index is 10.4. The Morgan fingerprint density at radius 1 is 0.258 bits per heavy atom. The molecule has 0 atom stereocenters. The molecule has 0 saturated heterocycles. The number of aliphatic imine (C=N–C) groups is 4. The second kappa shape index (κ2) is 20.5. The Hall–Kier alpha value is -8.92. The van der Waals surface area contributed by atoms with Gasteiger partial charge < -0.3 is 25.5 Å². The molecule has 5 N–H and O–H groups in total. The van der Waals surface area contributed by atoms with Crippen LogP contribution in [0.3, 0.4) is 0 Å². The third kappa shape index (κ3) is 9.67. The molecular weight excluding hydrogens is 821 g/mol. The van der Waals surface area contributed by atoms with Crippen LogP contribution < -0.4 is 0 Å². The minimum atomic E-state index is 0.175. The van der Waals surface area contributed by atoms with E-state index in [4.69, 9.17) is 5.11 Å². The summed E-state index contributed by atoms with van der Waals surface area (Å²) < 4.78 is 0. The lowest BCUT2D eigenvalue weighted by atomic mass is 10.0. The van der Waals surface area contributed by atoms with Crippen LogP contribution in [0.4, 0.5) is 22.7 Å². The molecule has 0 aliphatic rings. The molecule has 66 heavy (non-hydrogen) atoms. The van der Waals surface area contributed by atoms with Crippen molar-refractivity contribution in [3.8, 4) is 23.0 Å². The summed E-state index contributed by atoms with van der Waals surface area (Å²) in [4.78, 5) is 18.5. The van der Waals surface area contributed by atoms with E-state index in [0.29, 0.717) is 45.0 Å². The molecule has 0 aromatic heterocycles. The second-order valence-corrected chi connectivity index (χ2v) is 14.9. The Balaban J connectivity index is 0.000000173. The van der Waals surface area contributed by atoms with E-state index in [9.17, 15) is 20.4 Å². The summed E-state index contributed by atoms with van der Waals surface area (Å²) in [5.74, 6) is 0.700. The van der Waals surface area contributed by atoms with Gasteiger partial charge in [-0.05, 0) is 91.6 Å². The first kappa shape index (κ1) is 43.7. The average Bonchev–Trinajstić information content (AvgIpc) is 3.36. The van der Waals surface area contributed by atoms with Crippen molar-refractivity contribution < 1.29 is 25.5 Å². The van der Waals surface area contributed by atoms with Gasteiger partial charge in [-0.25, -0.2) is 0 Å². The molecule has 10 rings (SSSR count). The van der Waals surface area contributed by atoms with Crippen LogP contribution in [0.15, 0.2) is 214 Å². The Kier molecular flexibility index (Phi) is 13.6. The van der Waals surface area contributed by atoms with Gasteiger partial charge in [-0.3, -0.25) is 20.0 Å². The number of hydrogen-bond acceptors (Lipinski definition) is 9. The van der Waals surface area contributed by atoms with Crippen molar-refractivity contribution in [1.29, 1.82) is 0 Å². The number of phenols is 4. The Morgan fingerprint density at radius 2 is 0.455 bits per heavy atom. The predicted molar refractivity (Wildman–Crippen MR) is 272 cm³/mol. The van der Waals surface area contributed by atoms with E-state index in [-0.39, 0.29) is 23.0 Å². The minimum absolute atomic E-state index is 0.175. The lowest BCUT2D eigenvalue weighted by Gasteiger charge is -2.06. The maximum Gasteiger partial charge on any atom is 0.124 e. The van der Waals surface area contributed by atoms with Crippen molar-refractivity contribution in [2.45, 2.75) is 0 Å². The van der Waals surface area contributed by atoms with Gasteiger partial charge in [0.1, 0.15) is 23.0 Å². The number of rotatable bonds is 8. The summed E-state index contributed by atoms with van der Waals surface area (Å²) in [6.07, 6.45) is 6.67. The van der Waals surface area contributed by atoms with Crippen molar-refractivity contribution in [2.24, 2.45) is 20.0 Å². The molecule has 0 saturated carbocycles. The smallest absolute Gasteiger partial charge is 0.124 e. The fraction of sp³-hybridized carbons (Fsp3) is 0.0175. The molecular formula is C57H44N4O5. The van der Waals surface area contributed by atoms with Gasteiger partial charge in [0.05, 0.1) is 22.7 Å². The highest BCUT2D eigenvalue weighted by molar-refractivity contribution is 6.06. The third-order valence-corrected chi connectivity index (χ3v) is 10.9. The fourth-order valence-corrected chi connectivity index (χ4v) is 7.58. The standard InChI is InChI=1S/2C28H20N2O2.CH4O/c2*31-27-15-13-19-7-1-3-9-21(19)23(27)17-29-25-11-5-6-12-26(25)30-18-24-22-10-4-2-8-20(22)14-16-28(24)32;1-2/h2*1-18,31-32H;2H,1H3. The van der Waals surface area contributed by atoms with E-state index in [1.54, 1.807) is 49.1 Å². The van der Waals surface area contributed by atoms with Crippen molar-refractivity contribution in [1.82, 2.24) is 0 Å². The number of aromatic hydroxyl groups is 4. The fourth-order valence-electron chi connectivity index (χ4n) is 7.58. The first-order valence-electron chi connectivity index (χ1n) is 21.0. The lowest BCUT2D eigenvalue weighted by molar-refractivity contribution is 0.399. The maximum absolute atomic E-state index is 10.4. The molecule has 0 heterocycles. The number of phenolic OH excluding ortho intramolecular Hbond substituents is 4. The van der Waals surface area contributed by atoms with Gasteiger partial charge in [0.2, 0.25) is 0 Å². The molecule has 322 valence electrons. The number of fused-ring (bicyclic) bond motifs is 4. The van der Waals surface area contributed by atoms with Gasteiger partial charge in [0, 0.05) is 54.2 Å². The molecule has 9 heteroatoms. The van der Waals surface area contributed by atoms with Gasteiger partial charge in [0.15, 0.2) is 0 Å². The zero-order chi connectivity index (χ0) is 45.8. The summed E-state index contributed by atoms with van der Waals surface area (Å²) in [5, 5.41) is 56.4. The van der Waals surface area contributed by atoms with Crippen LogP contribution in [0, 0.1) is 0 Å². The van der Waals surface area contributed by atoms with Crippen molar-refractivity contribution in [2.75, 3.05) is 7.11 Å². The van der Waals surface area contributed by atoms with Gasteiger partial charge >= 0.3 is 0 Å². The van der Waals surface area contributed by atoms with Crippen molar-refractivity contribution in [3.63, 3.8) is 0 Å². The minimum Gasteiger partial charge on any atom is -0.507 e. The van der Waals surface area contributed by atoms with Crippen molar-refractivity contribution in [3.05, 3.63) is 216 Å². The van der Waals surface area contributed by atoms with Crippen LogP contribution >= 0.6 is 0 Å². The molecule has 0 aliphatic heterocycles. The number of para-hydroxylation sites is 4. The average molecular weight is 865 g/mol. The Labute approximate surface area is 381 Å². The number of nitrogens with zero attached hydrogens (tertiary/aromatic N) is 4. The monoisotopic (exact) mass is 864 g/mol. The highest BCUT2D eigenvalue weighted by Crippen LogP contribution is 2.34. The first-order valence-corrected chi connectivity index (χ1v) is 21.0. The van der Waals surface area contributed by atoms with Crippen LogP contribution in [0.2, 0.25) is 0 Å². The van der Waals surface area contributed by atoms with E-state index in [1.807, 2.05) is 170 Å². The molecule has 0 fully saturated rings. The van der Waals surface area contributed by atoms with Crippen LogP contribution in [0.1, 0.15) is 22.3 Å². The van der Waals surface area contributed by atoms with E-state index >= 15 is 0 Å². The van der Waals surface area contributed by atoms with Gasteiger partial charge in [-0.15, -0.1) is 0 Å². The Morgan fingerprint density at radius 3 is 0.682 bits per heavy atom. The van der Waals surface area contributed by atoms with Crippen LogP contribution in [0.25, 0.3) is 43.1 Å². The molecule has 0 spiro atoms. The van der Waals surface area contributed by atoms with E-state index in [2.05, 4.69) is 20.0 Å². The highest BCUT2D eigenvalue weighted by atomic mass is 16.3. The van der Waals surface area contributed by atoms with E-state index in [0.717, 1.165) is 50.2 Å². The molecule has 9 nitrogen and oxygen atoms in total. The second-order valence-electron chi connectivity index (χ2n) is 14.9. The zero-order valence-electron chi connectivity index (χ0n) is 35.8. The van der Waals surface area contributed by atoms with Gasteiger partial charge in [-0.1, -0.05) is 146 Å².